The van der Waals surface area contributed by atoms with Gasteiger partial charge in [-0.15, -0.1) is 24.0 Å². The third-order valence-corrected chi connectivity index (χ3v) is 4.93. The highest BCUT2D eigenvalue weighted by Gasteiger charge is 2.07. The van der Waals surface area contributed by atoms with Crippen molar-refractivity contribution < 1.29 is 5.11 Å². The Morgan fingerprint density at radius 3 is 2.34 bits per heavy atom. The quantitative estimate of drug-likeness (QED) is 0.217. The summed E-state index contributed by atoms with van der Waals surface area (Å²) in [6.07, 6.45) is 1.90. The average molecular weight is 546 g/mol. The van der Waals surface area contributed by atoms with Crippen LogP contribution >= 0.6 is 24.0 Å². The predicted molar refractivity (Wildman–Crippen MR) is 140 cm³/mol. The van der Waals surface area contributed by atoms with Crippen LogP contribution < -0.4 is 16.2 Å². The zero-order valence-electron chi connectivity index (χ0n) is 18.3. The van der Waals surface area contributed by atoms with Crippen LogP contribution in [0.5, 0.6) is 0 Å². The Morgan fingerprint density at radius 1 is 0.969 bits per heavy atom. The van der Waals surface area contributed by atoms with Gasteiger partial charge in [0, 0.05) is 25.4 Å². The maximum Gasteiger partial charge on any atom is 0.250 e. The third-order valence-electron chi connectivity index (χ3n) is 4.93. The Morgan fingerprint density at radius 2 is 1.66 bits per heavy atom. The molecule has 0 fully saturated rings. The lowest BCUT2D eigenvalue weighted by Crippen LogP contribution is -2.38. The van der Waals surface area contributed by atoms with Gasteiger partial charge in [0.25, 0.3) is 5.56 Å². The molecule has 0 aliphatic carbocycles. The molecular weight excluding hydrogens is 515 g/mol. The molecule has 3 rings (SSSR count). The van der Waals surface area contributed by atoms with E-state index in [2.05, 4.69) is 15.6 Å². The van der Waals surface area contributed by atoms with Gasteiger partial charge in [-0.3, -0.25) is 4.79 Å². The van der Waals surface area contributed by atoms with Crippen LogP contribution in [0.25, 0.3) is 0 Å². The fourth-order valence-electron chi connectivity index (χ4n) is 3.22. The summed E-state index contributed by atoms with van der Waals surface area (Å²) in [5.74, 6) is 0.725. The molecule has 0 saturated heterocycles. The van der Waals surface area contributed by atoms with Crippen molar-refractivity contribution in [2.45, 2.75) is 32.5 Å². The number of hydrogen-bond acceptors (Lipinski definition) is 3. The van der Waals surface area contributed by atoms with Gasteiger partial charge in [0.2, 0.25) is 0 Å². The summed E-state index contributed by atoms with van der Waals surface area (Å²) in [6, 6.07) is 23.0. The van der Waals surface area contributed by atoms with Crippen LogP contribution in [0.2, 0.25) is 0 Å². The van der Waals surface area contributed by atoms with E-state index in [0.717, 1.165) is 29.2 Å². The molecule has 7 heteroatoms. The number of guanidine groups is 1. The topological polar surface area (TPSA) is 78.7 Å². The van der Waals surface area contributed by atoms with Crippen molar-refractivity contribution in [3.05, 3.63) is 106 Å². The minimum absolute atomic E-state index is 0. The van der Waals surface area contributed by atoms with Crippen molar-refractivity contribution in [1.82, 2.24) is 15.2 Å². The summed E-state index contributed by atoms with van der Waals surface area (Å²) in [6.45, 7) is 4.50. The zero-order valence-corrected chi connectivity index (χ0v) is 20.6. The fraction of sp³-hybridized carbons (Fsp3) is 0.280. The number of aliphatic hydroxyl groups is 1. The van der Waals surface area contributed by atoms with E-state index in [-0.39, 0.29) is 29.5 Å². The second-order valence-electron chi connectivity index (χ2n) is 7.32. The largest absolute Gasteiger partial charge is 0.388 e. The van der Waals surface area contributed by atoms with Crippen molar-refractivity contribution in [3.63, 3.8) is 0 Å². The minimum Gasteiger partial charge on any atom is -0.388 e. The molecule has 0 amide bonds. The number of benzene rings is 2. The zero-order chi connectivity index (χ0) is 21.9. The van der Waals surface area contributed by atoms with Crippen molar-refractivity contribution in [3.8, 4) is 0 Å². The number of aromatic nitrogens is 1. The first kappa shape index (κ1) is 25.6. The first-order chi connectivity index (χ1) is 15.2. The monoisotopic (exact) mass is 546 g/mol. The molecule has 0 aliphatic rings. The molecule has 3 aromatic rings. The Balaban J connectivity index is 0.00000363. The number of nitrogens with one attached hydrogen (secondary N) is 2. The fourth-order valence-corrected chi connectivity index (χ4v) is 3.22. The molecule has 1 heterocycles. The number of nitrogens with zero attached hydrogens (tertiary/aromatic N) is 2. The van der Waals surface area contributed by atoms with E-state index in [0.29, 0.717) is 26.1 Å². The van der Waals surface area contributed by atoms with Crippen LogP contribution in [0.1, 0.15) is 36.1 Å². The lowest BCUT2D eigenvalue weighted by molar-refractivity contribution is 0.168. The standard InChI is InChI=1S/C25H30N4O2.HI/c1-2-26-25(27-16-15-23(30)22-8-4-3-5-9-22)28-18-20-11-13-21(14-12-20)19-29-17-7-6-10-24(29)31;/h3-14,17,23,30H,2,15-16,18-19H2,1H3,(H2,26,27,28);1H. The lowest BCUT2D eigenvalue weighted by Gasteiger charge is -2.14. The highest BCUT2D eigenvalue weighted by molar-refractivity contribution is 14.0. The molecule has 1 unspecified atom stereocenters. The summed E-state index contributed by atoms with van der Waals surface area (Å²) in [4.78, 5) is 16.5. The van der Waals surface area contributed by atoms with E-state index in [9.17, 15) is 9.90 Å². The van der Waals surface area contributed by atoms with Crippen LogP contribution in [0.15, 0.2) is 88.8 Å². The molecule has 0 radical (unpaired) electrons. The van der Waals surface area contributed by atoms with Gasteiger partial charge >= 0.3 is 0 Å². The number of halogens is 1. The van der Waals surface area contributed by atoms with Gasteiger partial charge in [0.1, 0.15) is 0 Å². The van der Waals surface area contributed by atoms with E-state index in [1.165, 1.54) is 0 Å². The van der Waals surface area contributed by atoms with Gasteiger partial charge in [-0.2, -0.15) is 0 Å². The lowest BCUT2D eigenvalue weighted by atomic mass is 10.1. The van der Waals surface area contributed by atoms with E-state index in [1.807, 2.05) is 67.6 Å². The van der Waals surface area contributed by atoms with Crippen LogP contribution in [0.4, 0.5) is 0 Å². The van der Waals surface area contributed by atoms with E-state index in [1.54, 1.807) is 22.9 Å². The van der Waals surface area contributed by atoms with Crippen LogP contribution in [-0.4, -0.2) is 28.7 Å². The first-order valence-electron chi connectivity index (χ1n) is 10.6. The van der Waals surface area contributed by atoms with Gasteiger partial charge in [-0.1, -0.05) is 60.7 Å². The number of pyridine rings is 1. The molecular formula is C25H31IN4O2. The molecule has 0 bridgehead atoms. The highest BCUT2D eigenvalue weighted by atomic mass is 127. The van der Waals surface area contributed by atoms with Gasteiger partial charge in [0.05, 0.1) is 19.2 Å². The molecule has 0 spiro atoms. The first-order valence-corrected chi connectivity index (χ1v) is 10.6. The number of rotatable bonds is 9. The van der Waals surface area contributed by atoms with Crippen LogP contribution in [-0.2, 0) is 13.1 Å². The summed E-state index contributed by atoms with van der Waals surface area (Å²) in [5.41, 5.74) is 3.07. The normalized spacial score (nSPS) is 12.0. The molecule has 0 saturated carbocycles. The van der Waals surface area contributed by atoms with Crippen molar-refractivity contribution >= 4 is 29.9 Å². The number of hydrogen-bond donors (Lipinski definition) is 3. The molecule has 2 aromatic carbocycles. The Bertz CT molecular complexity index is 1020. The SMILES string of the molecule is CCNC(=NCc1ccc(Cn2ccccc2=O)cc1)NCCC(O)c1ccccc1.I. The van der Waals surface area contributed by atoms with Gasteiger partial charge in [-0.05, 0) is 36.1 Å². The molecule has 1 aromatic heterocycles. The summed E-state index contributed by atoms with van der Waals surface area (Å²) >= 11 is 0. The van der Waals surface area contributed by atoms with Crippen molar-refractivity contribution in [2.24, 2.45) is 4.99 Å². The van der Waals surface area contributed by atoms with Gasteiger partial charge in [-0.25, -0.2) is 4.99 Å². The van der Waals surface area contributed by atoms with Crippen molar-refractivity contribution in [2.75, 3.05) is 13.1 Å². The maximum atomic E-state index is 11.9. The van der Waals surface area contributed by atoms with Crippen molar-refractivity contribution in [1.29, 1.82) is 0 Å². The third kappa shape index (κ3) is 8.12. The summed E-state index contributed by atoms with van der Waals surface area (Å²) in [7, 11) is 0. The maximum absolute atomic E-state index is 11.9. The van der Waals surface area contributed by atoms with Gasteiger partial charge < -0.3 is 20.3 Å². The average Bonchev–Trinajstić information content (AvgIpc) is 2.80. The summed E-state index contributed by atoms with van der Waals surface area (Å²) in [5, 5.41) is 16.8. The van der Waals surface area contributed by atoms with E-state index >= 15 is 0 Å². The van der Waals surface area contributed by atoms with E-state index < -0.39 is 6.10 Å². The van der Waals surface area contributed by atoms with Crippen LogP contribution in [0, 0.1) is 0 Å². The molecule has 6 nitrogen and oxygen atoms in total. The molecule has 0 aliphatic heterocycles. The minimum atomic E-state index is -0.499. The molecule has 3 N–H and O–H groups in total. The molecule has 32 heavy (non-hydrogen) atoms. The second kappa shape index (κ2) is 13.7. The highest BCUT2D eigenvalue weighted by Crippen LogP contribution is 2.14. The molecule has 1 atom stereocenters. The summed E-state index contributed by atoms with van der Waals surface area (Å²) < 4.78 is 1.68. The smallest absolute Gasteiger partial charge is 0.250 e. The molecule has 170 valence electrons. The Kier molecular flexibility index (Phi) is 11.0. The van der Waals surface area contributed by atoms with Gasteiger partial charge in [0.15, 0.2) is 5.96 Å². The number of aliphatic imine (C=N–C) groups is 1. The predicted octanol–water partition coefficient (Wildman–Crippen LogP) is 3.69. The Hall–Kier alpha value is -2.65. The van der Waals surface area contributed by atoms with Crippen LogP contribution in [0.3, 0.4) is 0 Å². The number of aliphatic hydroxyl groups excluding tert-OH is 1. The van der Waals surface area contributed by atoms with E-state index in [4.69, 9.17) is 0 Å². The Labute approximate surface area is 206 Å². The second-order valence-corrected chi connectivity index (χ2v) is 7.32.